The third-order valence-electron chi connectivity index (χ3n) is 6.07. The van der Waals surface area contributed by atoms with Crippen molar-refractivity contribution in [3.05, 3.63) is 71.5 Å². The number of rotatable bonds is 4. The third kappa shape index (κ3) is 4.11. The number of nitrogens with zero attached hydrogens (tertiary/aromatic N) is 4. The maximum absolute atomic E-state index is 13.6. The molecule has 0 bridgehead atoms. The van der Waals surface area contributed by atoms with Crippen molar-refractivity contribution in [3.63, 3.8) is 0 Å². The van der Waals surface area contributed by atoms with Gasteiger partial charge in [0.25, 0.3) is 5.91 Å². The Bertz CT molecular complexity index is 1260. The zero-order valence-corrected chi connectivity index (χ0v) is 19.8. The van der Waals surface area contributed by atoms with Crippen molar-refractivity contribution >= 4 is 12.0 Å². The molecule has 0 aliphatic carbocycles. The minimum Gasteiger partial charge on any atom is -0.494 e. The number of amides is 1. The first kappa shape index (κ1) is 22.0. The molecule has 2 aliphatic rings. The number of ether oxygens (including phenoxy) is 3. The van der Waals surface area contributed by atoms with Gasteiger partial charge in [0, 0.05) is 12.0 Å². The molecule has 5 rings (SSSR count). The van der Waals surface area contributed by atoms with Crippen LogP contribution in [0.3, 0.4) is 0 Å². The molecular formula is C26H28N4O4. The van der Waals surface area contributed by atoms with Crippen molar-refractivity contribution in [2.24, 2.45) is 0 Å². The number of hydrogen-bond acceptors (Lipinski definition) is 6. The number of carbonyl (C=O) groups excluding carboxylic acids is 1. The summed E-state index contributed by atoms with van der Waals surface area (Å²) in [5.41, 5.74) is 2.07. The molecule has 8 heteroatoms. The molecule has 0 radical (unpaired) electrons. The van der Waals surface area contributed by atoms with E-state index in [2.05, 4.69) is 10.1 Å². The van der Waals surface area contributed by atoms with Crippen molar-refractivity contribution in [1.82, 2.24) is 19.7 Å². The van der Waals surface area contributed by atoms with Crippen LogP contribution in [0.15, 0.2) is 54.6 Å². The Kier molecular flexibility index (Phi) is 5.51. The SMILES string of the molecule is COc1cc(C=C2OC(C)(C)CN(C3CCOc4ccccc43)C2=O)ccc1-n1cnc(C)n1. The zero-order chi connectivity index (χ0) is 23.9. The Morgan fingerprint density at radius 1 is 1.21 bits per heavy atom. The Labute approximate surface area is 198 Å². The number of aryl methyl sites for hydroxylation is 1. The lowest BCUT2D eigenvalue weighted by Crippen LogP contribution is -2.52. The van der Waals surface area contributed by atoms with E-state index < -0.39 is 5.60 Å². The number of carbonyl (C=O) groups is 1. The van der Waals surface area contributed by atoms with Crippen LogP contribution >= 0.6 is 0 Å². The van der Waals surface area contributed by atoms with E-state index in [0.717, 1.165) is 29.0 Å². The van der Waals surface area contributed by atoms with Crippen molar-refractivity contribution in [2.45, 2.75) is 38.8 Å². The third-order valence-corrected chi connectivity index (χ3v) is 6.07. The lowest BCUT2D eigenvalue weighted by Gasteiger charge is -2.44. The van der Waals surface area contributed by atoms with E-state index in [1.807, 2.05) is 68.1 Å². The molecule has 1 fully saturated rings. The maximum Gasteiger partial charge on any atom is 0.289 e. The first-order chi connectivity index (χ1) is 16.3. The second kappa shape index (κ2) is 8.52. The monoisotopic (exact) mass is 460 g/mol. The summed E-state index contributed by atoms with van der Waals surface area (Å²) in [5.74, 6) is 2.32. The molecule has 2 aromatic carbocycles. The number of methoxy groups -OCH3 is 1. The summed E-state index contributed by atoms with van der Waals surface area (Å²) in [6.45, 7) is 6.91. The summed E-state index contributed by atoms with van der Waals surface area (Å²) in [6.07, 6.45) is 4.16. The van der Waals surface area contributed by atoms with E-state index in [1.165, 1.54) is 0 Å². The molecule has 1 saturated heterocycles. The molecule has 0 spiro atoms. The van der Waals surface area contributed by atoms with Gasteiger partial charge in [-0.15, -0.1) is 0 Å². The van der Waals surface area contributed by atoms with Crippen LogP contribution in [0, 0.1) is 6.92 Å². The molecule has 1 aromatic heterocycles. The normalized spacial score (nSPS) is 20.5. The predicted octanol–water partition coefficient (Wildman–Crippen LogP) is 4.09. The van der Waals surface area contributed by atoms with Crippen LogP contribution in [0.4, 0.5) is 0 Å². The Morgan fingerprint density at radius 2 is 2.03 bits per heavy atom. The fourth-order valence-corrected chi connectivity index (χ4v) is 4.57. The van der Waals surface area contributed by atoms with E-state index in [4.69, 9.17) is 14.2 Å². The van der Waals surface area contributed by atoms with Gasteiger partial charge in [-0.25, -0.2) is 9.67 Å². The smallest absolute Gasteiger partial charge is 0.289 e. The van der Waals surface area contributed by atoms with Crippen molar-refractivity contribution in [2.75, 3.05) is 20.3 Å². The number of aromatic nitrogens is 3. The van der Waals surface area contributed by atoms with Crippen molar-refractivity contribution < 1.29 is 19.0 Å². The quantitative estimate of drug-likeness (QED) is 0.546. The molecule has 2 aliphatic heterocycles. The van der Waals surface area contributed by atoms with E-state index >= 15 is 0 Å². The van der Waals surface area contributed by atoms with Crippen LogP contribution in [0.1, 0.15) is 43.3 Å². The number of morpholine rings is 1. The molecular weight excluding hydrogens is 432 g/mol. The topological polar surface area (TPSA) is 78.7 Å². The van der Waals surface area contributed by atoms with Gasteiger partial charge in [-0.1, -0.05) is 24.3 Å². The summed E-state index contributed by atoms with van der Waals surface area (Å²) in [6, 6.07) is 13.5. The summed E-state index contributed by atoms with van der Waals surface area (Å²) in [4.78, 5) is 19.7. The van der Waals surface area contributed by atoms with Crippen LogP contribution in [0.25, 0.3) is 11.8 Å². The first-order valence-electron chi connectivity index (χ1n) is 11.3. The van der Waals surface area contributed by atoms with Gasteiger partial charge in [-0.2, -0.15) is 5.10 Å². The van der Waals surface area contributed by atoms with E-state index in [1.54, 1.807) is 24.2 Å². The van der Waals surface area contributed by atoms with E-state index in [0.29, 0.717) is 30.5 Å². The van der Waals surface area contributed by atoms with Gasteiger partial charge >= 0.3 is 0 Å². The van der Waals surface area contributed by atoms with Gasteiger partial charge in [-0.3, -0.25) is 4.79 Å². The molecule has 8 nitrogen and oxygen atoms in total. The standard InChI is InChI=1S/C26H28N4O4/c1-17-27-16-30(28-17)21-10-9-18(13-23(21)32-4)14-24-25(31)29(15-26(2,3)34-24)20-11-12-33-22-8-6-5-7-19(20)22/h5-10,13-14,16,20H,11-12,15H2,1-4H3. The highest BCUT2D eigenvalue weighted by Gasteiger charge is 2.41. The fourth-order valence-electron chi connectivity index (χ4n) is 4.57. The highest BCUT2D eigenvalue weighted by Crippen LogP contribution is 2.40. The number of fused-ring (bicyclic) bond motifs is 1. The van der Waals surface area contributed by atoms with Crippen LogP contribution < -0.4 is 9.47 Å². The molecule has 0 saturated carbocycles. The average molecular weight is 461 g/mol. The van der Waals surface area contributed by atoms with Gasteiger partial charge < -0.3 is 19.1 Å². The largest absolute Gasteiger partial charge is 0.494 e. The molecule has 0 N–H and O–H groups in total. The van der Waals surface area contributed by atoms with Gasteiger partial charge in [0.15, 0.2) is 5.76 Å². The van der Waals surface area contributed by atoms with Gasteiger partial charge in [0.2, 0.25) is 0 Å². The van der Waals surface area contributed by atoms with E-state index in [9.17, 15) is 4.79 Å². The van der Waals surface area contributed by atoms with Crippen LogP contribution in [0.5, 0.6) is 11.5 Å². The van der Waals surface area contributed by atoms with Crippen LogP contribution in [0.2, 0.25) is 0 Å². The molecule has 1 atom stereocenters. The van der Waals surface area contributed by atoms with Gasteiger partial charge in [0.05, 0.1) is 26.3 Å². The predicted molar refractivity (Wildman–Crippen MR) is 127 cm³/mol. The Morgan fingerprint density at radius 3 is 2.79 bits per heavy atom. The fraction of sp³-hybridized carbons (Fsp3) is 0.346. The van der Waals surface area contributed by atoms with Gasteiger partial charge in [-0.05, 0) is 50.6 Å². The zero-order valence-electron chi connectivity index (χ0n) is 19.8. The molecule has 1 unspecified atom stereocenters. The Balaban J connectivity index is 1.49. The second-order valence-corrected chi connectivity index (χ2v) is 9.16. The summed E-state index contributed by atoms with van der Waals surface area (Å²) in [7, 11) is 1.61. The second-order valence-electron chi connectivity index (χ2n) is 9.16. The van der Waals surface area contributed by atoms with Crippen molar-refractivity contribution in [3.8, 4) is 17.2 Å². The highest BCUT2D eigenvalue weighted by molar-refractivity contribution is 5.97. The average Bonchev–Trinajstić information content (AvgIpc) is 3.26. The molecule has 34 heavy (non-hydrogen) atoms. The minimum absolute atomic E-state index is 0.0588. The summed E-state index contributed by atoms with van der Waals surface area (Å²) in [5, 5.41) is 4.36. The first-order valence-corrected chi connectivity index (χ1v) is 11.3. The van der Waals surface area contributed by atoms with Crippen LogP contribution in [-0.2, 0) is 9.53 Å². The number of para-hydroxylation sites is 1. The number of hydrogen-bond donors (Lipinski definition) is 0. The van der Waals surface area contributed by atoms with Crippen LogP contribution in [-0.4, -0.2) is 51.4 Å². The summed E-state index contributed by atoms with van der Waals surface area (Å²) < 4.78 is 19.2. The lowest BCUT2D eigenvalue weighted by atomic mass is 9.95. The molecule has 1 amide bonds. The summed E-state index contributed by atoms with van der Waals surface area (Å²) >= 11 is 0. The maximum atomic E-state index is 13.6. The van der Waals surface area contributed by atoms with Crippen molar-refractivity contribution in [1.29, 1.82) is 0 Å². The molecule has 3 aromatic rings. The highest BCUT2D eigenvalue weighted by atomic mass is 16.5. The molecule has 176 valence electrons. The minimum atomic E-state index is -0.532. The van der Waals surface area contributed by atoms with Gasteiger partial charge in [0.1, 0.15) is 34.9 Å². The lowest BCUT2D eigenvalue weighted by molar-refractivity contribution is -0.150. The van der Waals surface area contributed by atoms with E-state index in [-0.39, 0.29) is 11.9 Å². The number of benzene rings is 2. The Hall–Kier alpha value is -3.81. The molecule has 3 heterocycles.